The van der Waals surface area contributed by atoms with Crippen LogP contribution < -0.4 is 10.0 Å². The minimum atomic E-state index is -3.19. The minimum Gasteiger partial charge on any atom is -0.310 e. The van der Waals surface area contributed by atoms with Gasteiger partial charge in [-0.1, -0.05) is 26.0 Å². The van der Waals surface area contributed by atoms with Crippen molar-refractivity contribution in [3.05, 3.63) is 29.8 Å². The molecule has 18 heavy (non-hydrogen) atoms. The summed E-state index contributed by atoms with van der Waals surface area (Å²) in [7, 11) is -3.19. The molecule has 0 aliphatic carbocycles. The van der Waals surface area contributed by atoms with Gasteiger partial charge in [-0.25, -0.2) is 8.42 Å². The molecular weight excluding hydrogens is 248 g/mol. The molecule has 0 aliphatic rings. The first kappa shape index (κ1) is 15.0. The summed E-state index contributed by atoms with van der Waals surface area (Å²) in [6.45, 7) is 6.90. The summed E-state index contributed by atoms with van der Waals surface area (Å²) in [5.74, 6) is 0.155. The number of nitrogens with one attached hydrogen (secondary N) is 2. The van der Waals surface area contributed by atoms with Crippen LogP contribution >= 0.6 is 0 Å². The summed E-state index contributed by atoms with van der Waals surface area (Å²) in [6.07, 6.45) is 0.616. The maximum Gasteiger partial charge on any atom is 0.232 e. The molecule has 5 heteroatoms. The summed E-state index contributed by atoms with van der Waals surface area (Å²) < 4.78 is 25.8. The van der Waals surface area contributed by atoms with E-state index in [0.717, 1.165) is 12.1 Å². The predicted octanol–water partition coefficient (Wildman–Crippen LogP) is 2.51. The predicted molar refractivity (Wildman–Crippen MR) is 76.2 cm³/mol. The van der Waals surface area contributed by atoms with Gasteiger partial charge in [-0.3, -0.25) is 4.72 Å². The van der Waals surface area contributed by atoms with Crippen LogP contribution in [0.5, 0.6) is 0 Å². The van der Waals surface area contributed by atoms with Crippen LogP contribution in [0.3, 0.4) is 0 Å². The van der Waals surface area contributed by atoms with Crippen molar-refractivity contribution in [3.63, 3.8) is 0 Å². The van der Waals surface area contributed by atoms with Crippen molar-refractivity contribution >= 4 is 15.7 Å². The minimum absolute atomic E-state index is 0.155. The van der Waals surface area contributed by atoms with Crippen LogP contribution in [0.1, 0.15) is 38.8 Å². The largest absolute Gasteiger partial charge is 0.310 e. The molecule has 1 aromatic rings. The summed E-state index contributed by atoms with van der Waals surface area (Å²) in [6, 6.07) is 7.76. The lowest BCUT2D eigenvalue weighted by Crippen LogP contribution is -2.18. The van der Waals surface area contributed by atoms with E-state index in [1.165, 1.54) is 0 Å². The van der Waals surface area contributed by atoms with Gasteiger partial charge in [0.05, 0.1) is 5.75 Å². The summed E-state index contributed by atoms with van der Waals surface area (Å²) in [5.41, 5.74) is 1.77. The lowest BCUT2D eigenvalue weighted by molar-refractivity contribution is 0.598. The molecule has 0 fully saturated rings. The second-order valence-corrected chi connectivity index (χ2v) is 6.16. The topological polar surface area (TPSA) is 58.2 Å². The monoisotopic (exact) mass is 270 g/mol. The highest BCUT2D eigenvalue weighted by atomic mass is 32.2. The molecule has 0 radical (unpaired) electrons. The molecule has 1 aromatic carbocycles. The van der Waals surface area contributed by atoms with Crippen LogP contribution in [0.25, 0.3) is 0 Å². The normalized spacial score (nSPS) is 13.3. The number of rotatable bonds is 7. The number of hydrogen-bond donors (Lipinski definition) is 2. The second-order valence-electron chi connectivity index (χ2n) is 4.32. The van der Waals surface area contributed by atoms with Crippen LogP contribution in [0.2, 0.25) is 0 Å². The van der Waals surface area contributed by atoms with E-state index in [-0.39, 0.29) is 11.8 Å². The average molecular weight is 270 g/mol. The summed E-state index contributed by atoms with van der Waals surface area (Å²) in [5, 5.41) is 3.31. The fraction of sp³-hybridized carbons (Fsp3) is 0.538. The van der Waals surface area contributed by atoms with Gasteiger partial charge in [-0.2, -0.15) is 0 Å². The van der Waals surface area contributed by atoms with E-state index in [9.17, 15) is 8.42 Å². The van der Waals surface area contributed by atoms with Crippen LogP contribution in [-0.2, 0) is 10.0 Å². The Hall–Kier alpha value is -1.07. The van der Waals surface area contributed by atoms with E-state index in [4.69, 9.17) is 0 Å². The third-order valence-electron chi connectivity index (χ3n) is 2.67. The van der Waals surface area contributed by atoms with Gasteiger partial charge in [-0.05, 0) is 37.6 Å². The fourth-order valence-corrected chi connectivity index (χ4v) is 2.90. The van der Waals surface area contributed by atoms with E-state index in [1.54, 1.807) is 12.1 Å². The molecule has 1 atom stereocenters. The molecule has 0 aliphatic heterocycles. The number of benzene rings is 1. The number of sulfonamides is 1. The third kappa shape index (κ3) is 4.66. The fourth-order valence-electron chi connectivity index (χ4n) is 1.76. The molecule has 2 N–H and O–H groups in total. The third-order valence-corrected chi connectivity index (χ3v) is 4.16. The van der Waals surface area contributed by atoms with E-state index in [0.29, 0.717) is 12.1 Å². The molecule has 0 heterocycles. The van der Waals surface area contributed by atoms with Gasteiger partial charge in [0.25, 0.3) is 0 Å². The van der Waals surface area contributed by atoms with E-state index < -0.39 is 10.0 Å². The second kappa shape index (κ2) is 6.75. The first-order valence-electron chi connectivity index (χ1n) is 6.32. The number of hydrogen-bond acceptors (Lipinski definition) is 3. The maximum atomic E-state index is 11.6. The Balaban J connectivity index is 2.71. The van der Waals surface area contributed by atoms with Gasteiger partial charge in [0.15, 0.2) is 0 Å². The van der Waals surface area contributed by atoms with Gasteiger partial charge in [0, 0.05) is 11.7 Å². The molecule has 0 aromatic heterocycles. The Bertz CT molecular complexity index is 454. The zero-order chi connectivity index (χ0) is 13.6. The first-order chi connectivity index (χ1) is 8.48. The van der Waals surface area contributed by atoms with E-state index in [1.807, 2.05) is 19.1 Å². The van der Waals surface area contributed by atoms with Crippen molar-refractivity contribution in [1.82, 2.24) is 5.32 Å². The van der Waals surface area contributed by atoms with Crippen molar-refractivity contribution in [2.75, 3.05) is 17.0 Å². The molecule has 1 rings (SSSR count). The highest BCUT2D eigenvalue weighted by Crippen LogP contribution is 2.16. The summed E-state index contributed by atoms with van der Waals surface area (Å²) in [4.78, 5) is 0. The molecule has 0 spiro atoms. The zero-order valence-electron chi connectivity index (χ0n) is 11.2. The van der Waals surface area contributed by atoms with Crippen LogP contribution in [0.4, 0.5) is 5.69 Å². The molecule has 102 valence electrons. The van der Waals surface area contributed by atoms with Gasteiger partial charge >= 0.3 is 0 Å². The Labute approximate surface area is 110 Å². The molecule has 4 nitrogen and oxygen atoms in total. The van der Waals surface area contributed by atoms with Crippen molar-refractivity contribution in [3.8, 4) is 0 Å². The smallest absolute Gasteiger partial charge is 0.232 e. The quantitative estimate of drug-likeness (QED) is 0.800. The molecule has 0 saturated carbocycles. The maximum absolute atomic E-state index is 11.6. The zero-order valence-corrected chi connectivity index (χ0v) is 12.0. The molecule has 0 bridgehead atoms. The van der Waals surface area contributed by atoms with Gasteiger partial charge in [0.1, 0.15) is 0 Å². The summed E-state index contributed by atoms with van der Waals surface area (Å²) >= 11 is 0. The molecular formula is C13H22N2O2S. The molecule has 0 saturated heterocycles. The van der Waals surface area contributed by atoms with Gasteiger partial charge in [0.2, 0.25) is 10.0 Å². The Morgan fingerprint density at radius 3 is 2.28 bits per heavy atom. The van der Waals surface area contributed by atoms with E-state index in [2.05, 4.69) is 23.9 Å². The molecule has 0 amide bonds. The van der Waals surface area contributed by atoms with Crippen molar-refractivity contribution in [1.29, 1.82) is 0 Å². The van der Waals surface area contributed by atoms with Crippen molar-refractivity contribution in [2.45, 2.75) is 33.2 Å². The average Bonchev–Trinajstić information content (AvgIpc) is 2.29. The Morgan fingerprint density at radius 2 is 1.78 bits per heavy atom. The van der Waals surface area contributed by atoms with Crippen molar-refractivity contribution in [2.24, 2.45) is 0 Å². The lowest BCUT2D eigenvalue weighted by atomic mass is 10.1. The first-order valence-corrected chi connectivity index (χ1v) is 7.97. The standard InChI is InChI=1S/C13H22N2O2S/c1-4-10-18(16,17)15-13-8-6-12(7-9-13)11(3)14-5-2/h6-9,11,14-15H,4-5,10H2,1-3H3. The Morgan fingerprint density at radius 1 is 1.17 bits per heavy atom. The Kier molecular flexibility index (Phi) is 5.62. The van der Waals surface area contributed by atoms with Crippen LogP contribution in [0, 0.1) is 0 Å². The van der Waals surface area contributed by atoms with Gasteiger partial charge < -0.3 is 5.32 Å². The van der Waals surface area contributed by atoms with Crippen LogP contribution in [0.15, 0.2) is 24.3 Å². The molecule has 1 unspecified atom stereocenters. The van der Waals surface area contributed by atoms with Crippen molar-refractivity contribution < 1.29 is 8.42 Å². The highest BCUT2D eigenvalue weighted by Gasteiger charge is 2.09. The highest BCUT2D eigenvalue weighted by molar-refractivity contribution is 7.92. The SMILES string of the molecule is CCCS(=O)(=O)Nc1ccc(C(C)NCC)cc1. The number of anilines is 1. The lowest BCUT2D eigenvalue weighted by Gasteiger charge is -2.13. The van der Waals surface area contributed by atoms with Crippen LogP contribution in [-0.4, -0.2) is 20.7 Å². The van der Waals surface area contributed by atoms with E-state index >= 15 is 0 Å². The van der Waals surface area contributed by atoms with Gasteiger partial charge in [-0.15, -0.1) is 0 Å².